The van der Waals surface area contributed by atoms with Crippen molar-refractivity contribution in [1.82, 2.24) is 4.72 Å². The Balaban J connectivity index is 3.10. The normalized spacial score (nSPS) is 13.0. The zero-order valence-corrected chi connectivity index (χ0v) is 13.3. The molecule has 1 N–H and O–H groups in total. The molecule has 0 heterocycles. The molecule has 1 atom stereocenters. The molecular formula is C14H23NO4S. The second kappa shape index (κ2) is 7.50. The van der Waals surface area contributed by atoms with Gasteiger partial charge in [0.25, 0.3) is 0 Å². The van der Waals surface area contributed by atoms with Gasteiger partial charge in [-0.15, -0.1) is 0 Å². The third kappa shape index (κ3) is 4.38. The van der Waals surface area contributed by atoms with E-state index in [-0.39, 0.29) is 10.9 Å². The maximum absolute atomic E-state index is 12.2. The van der Waals surface area contributed by atoms with Gasteiger partial charge in [0, 0.05) is 12.1 Å². The topological polar surface area (TPSA) is 64.6 Å². The molecule has 5 nitrogen and oxygen atoms in total. The Morgan fingerprint density at radius 1 is 1.10 bits per heavy atom. The highest BCUT2D eigenvalue weighted by Gasteiger charge is 2.19. The Bertz CT molecular complexity index is 528. The van der Waals surface area contributed by atoms with Gasteiger partial charge in [-0.3, -0.25) is 0 Å². The van der Waals surface area contributed by atoms with Crippen molar-refractivity contribution in [3.05, 3.63) is 18.2 Å². The molecule has 0 bridgehead atoms. The van der Waals surface area contributed by atoms with Crippen molar-refractivity contribution in [2.45, 2.75) is 45.1 Å². The van der Waals surface area contributed by atoms with Crippen LogP contribution in [-0.2, 0) is 10.0 Å². The van der Waals surface area contributed by atoms with Gasteiger partial charge in [-0.25, -0.2) is 13.1 Å². The summed E-state index contributed by atoms with van der Waals surface area (Å²) in [5, 5.41) is 0. The maximum Gasteiger partial charge on any atom is 0.240 e. The standard InChI is InChI=1S/C14H23NO4S/c1-5-11(4)15-20(16,17)12-8-9-13(18-6-2)14(10-12)19-7-3/h8-11,15H,5-7H2,1-4H3/t11-/m0/s1. The first-order valence-corrected chi connectivity index (χ1v) is 8.34. The van der Waals surface area contributed by atoms with Crippen molar-refractivity contribution in [2.75, 3.05) is 13.2 Å². The quantitative estimate of drug-likeness (QED) is 0.801. The van der Waals surface area contributed by atoms with E-state index in [0.717, 1.165) is 6.42 Å². The molecule has 0 radical (unpaired) electrons. The number of hydrogen-bond donors (Lipinski definition) is 1. The number of nitrogens with one attached hydrogen (secondary N) is 1. The summed E-state index contributed by atoms with van der Waals surface area (Å²) in [6, 6.07) is 4.54. The summed E-state index contributed by atoms with van der Waals surface area (Å²) in [5.41, 5.74) is 0. The van der Waals surface area contributed by atoms with E-state index in [2.05, 4.69) is 4.72 Å². The van der Waals surface area contributed by atoms with Gasteiger partial charge in [-0.1, -0.05) is 6.92 Å². The second-order valence-corrected chi connectivity index (χ2v) is 6.12. The van der Waals surface area contributed by atoms with Crippen LogP contribution in [0.1, 0.15) is 34.1 Å². The predicted octanol–water partition coefficient (Wildman–Crippen LogP) is 2.56. The first kappa shape index (κ1) is 16.8. The van der Waals surface area contributed by atoms with Crippen LogP contribution in [-0.4, -0.2) is 27.7 Å². The van der Waals surface area contributed by atoms with Crippen molar-refractivity contribution in [1.29, 1.82) is 0 Å². The lowest BCUT2D eigenvalue weighted by atomic mass is 10.3. The molecule has 0 amide bonds. The van der Waals surface area contributed by atoms with Gasteiger partial charge in [0.05, 0.1) is 18.1 Å². The lowest BCUT2D eigenvalue weighted by Crippen LogP contribution is -2.32. The Morgan fingerprint density at radius 2 is 1.70 bits per heavy atom. The summed E-state index contributed by atoms with van der Waals surface area (Å²) in [5.74, 6) is 0.998. The summed E-state index contributed by atoms with van der Waals surface area (Å²) in [6.07, 6.45) is 0.731. The molecule has 0 aliphatic heterocycles. The lowest BCUT2D eigenvalue weighted by molar-refractivity contribution is 0.287. The average Bonchev–Trinajstić information content (AvgIpc) is 2.40. The van der Waals surface area contributed by atoms with Gasteiger partial charge in [0.2, 0.25) is 10.0 Å². The fourth-order valence-electron chi connectivity index (χ4n) is 1.61. The van der Waals surface area contributed by atoms with Crippen molar-refractivity contribution in [3.8, 4) is 11.5 Å². The van der Waals surface area contributed by atoms with Crippen LogP contribution < -0.4 is 14.2 Å². The molecule has 0 aliphatic rings. The molecule has 0 fully saturated rings. The molecule has 0 aromatic heterocycles. The van der Waals surface area contributed by atoms with E-state index in [4.69, 9.17) is 9.47 Å². The smallest absolute Gasteiger partial charge is 0.240 e. The molecule has 0 spiro atoms. The van der Waals surface area contributed by atoms with Crippen LogP contribution in [0.15, 0.2) is 23.1 Å². The van der Waals surface area contributed by atoms with Gasteiger partial charge in [-0.05, 0) is 39.3 Å². The van der Waals surface area contributed by atoms with E-state index in [1.807, 2.05) is 27.7 Å². The molecule has 6 heteroatoms. The van der Waals surface area contributed by atoms with Gasteiger partial charge in [0.1, 0.15) is 0 Å². The van der Waals surface area contributed by atoms with Crippen LogP contribution >= 0.6 is 0 Å². The number of ether oxygens (including phenoxy) is 2. The highest BCUT2D eigenvalue weighted by molar-refractivity contribution is 7.89. The van der Waals surface area contributed by atoms with E-state index in [0.29, 0.717) is 24.7 Å². The van der Waals surface area contributed by atoms with Crippen molar-refractivity contribution in [2.24, 2.45) is 0 Å². The van der Waals surface area contributed by atoms with E-state index in [9.17, 15) is 8.42 Å². The van der Waals surface area contributed by atoms with Crippen molar-refractivity contribution in [3.63, 3.8) is 0 Å². The summed E-state index contributed by atoms with van der Waals surface area (Å²) in [7, 11) is -3.53. The second-order valence-electron chi connectivity index (χ2n) is 4.41. The Labute approximate surface area is 121 Å². The largest absolute Gasteiger partial charge is 0.490 e. The third-order valence-corrected chi connectivity index (χ3v) is 4.38. The van der Waals surface area contributed by atoms with E-state index in [1.54, 1.807) is 6.07 Å². The maximum atomic E-state index is 12.2. The van der Waals surface area contributed by atoms with E-state index in [1.165, 1.54) is 12.1 Å². The van der Waals surface area contributed by atoms with E-state index < -0.39 is 10.0 Å². The highest BCUT2D eigenvalue weighted by Crippen LogP contribution is 2.30. The predicted molar refractivity (Wildman–Crippen MR) is 78.9 cm³/mol. The van der Waals surface area contributed by atoms with Crippen molar-refractivity contribution >= 4 is 10.0 Å². The van der Waals surface area contributed by atoms with Crippen LogP contribution in [0, 0.1) is 0 Å². The molecule has 1 aromatic rings. The minimum Gasteiger partial charge on any atom is -0.490 e. The molecule has 114 valence electrons. The first-order valence-electron chi connectivity index (χ1n) is 6.86. The summed E-state index contributed by atoms with van der Waals surface area (Å²) < 4.78 is 37.9. The number of benzene rings is 1. The number of rotatable bonds is 8. The van der Waals surface area contributed by atoms with Crippen molar-refractivity contribution < 1.29 is 17.9 Å². The molecular weight excluding hydrogens is 278 g/mol. The fourth-order valence-corrected chi connectivity index (χ4v) is 2.96. The summed E-state index contributed by atoms with van der Waals surface area (Å²) in [4.78, 5) is 0.185. The SMILES string of the molecule is CCOc1ccc(S(=O)(=O)N[C@@H](C)CC)cc1OCC. The van der Waals surface area contributed by atoms with Gasteiger partial charge >= 0.3 is 0 Å². The summed E-state index contributed by atoms with van der Waals surface area (Å²) >= 11 is 0. The molecule has 0 saturated carbocycles. The van der Waals surface area contributed by atoms with Crippen LogP contribution in [0.4, 0.5) is 0 Å². The molecule has 0 unspecified atom stereocenters. The van der Waals surface area contributed by atoms with Gasteiger partial charge < -0.3 is 9.47 Å². The van der Waals surface area contributed by atoms with E-state index >= 15 is 0 Å². The number of sulfonamides is 1. The van der Waals surface area contributed by atoms with Gasteiger partial charge in [-0.2, -0.15) is 0 Å². The first-order chi connectivity index (χ1) is 9.44. The molecule has 20 heavy (non-hydrogen) atoms. The Kier molecular flexibility index (Phi) is 6.29. The van der Waals surface area contributed by atoms with Crippen LogP contribution in [0.5, 0.6) is 11.5 Å². The lowest BCUT2D eigenvalue weighted by Gasteiger charge is -2.15. The summed E-state index contributed by atoms with van der Waals surface area (Å²) in [6.45, 7) is 8.41. The molecule has 0 saturated heterocycles. The highest BCUT2D eigenvalue weighted by atomic mass is 32.2. The average molecular weight is 301 g/mol. The van der Waals surface area contributed by atoms with Crippen LogP contribution in [0.25, 0.3) is 0 Å². The van der Waals surface area contributed by atoms with Crippen LogP contribution in [0.3, 0.4) is 0 Å². The van der Waals surface area contributed by atoms with Gasteiger partial charge in [0.15, 0.2) is 11.5 Å². The molecule has 1 rings (SSSR count). The number of hydrogen-bond acceptors (Lipinski definition) is 4. The minimum absolute atomic E-state index is 0.109. The Hall–Kier alpha value is -1.27. The zero-order chi connectivity index (χ0) is 15.2. The monoisotopic (exact) mass is 301 g/mol. The van der Waals surface area contributed by atoms with Crippen LogP contribution in [0.2, 0.25) is 0 Å². The minimum atomic E-state index is -3.53. The third-order valence-electron chi connectivity index (χ3n) is 2.79. The molecule has 0 aliphatic carbocycles. The zero-order valence-electron chi connectivity index (χ0n) is 12.5. The Morgan fingerprint density at radius 3 is 2.25 bits per heavy atom. The molecule has 1 aromatic carbocycles. The fraction of sp³-hybridized carbons (Fsp3) is 0.571.